The molecule has 3 heterocycles. The summed E-state index contributed by atoms with van der Waals surface area (Å²) < 4.78 is 5.09. The molecule has 4 amide bonds. The first-order valence-corrected chi connectivity index (χ1v) is 9.12. The van der Waals surface area contributed by atoms with Crippen LogP contribution in [0.25, 0.3) is 0 Å². The van der Waals surface area contributed by atoms with Crippen LogP contribution < -0.4 is 0 Å². The van der Waals surface area contributed by atoms with Crippen LogP contribution in [-0.2, 0) is 4.79 Å². The number of fused-ring (bicyclic) bond motifs is 1. The van der Waals surface area contributed by atoms with Gasteiger partial charge in [0.05, 0.1) is 16.7 Å². The predicted molar refractivity (Wildman–Crippen MR) is 99.7 cm³/mol. The zero-order chi connectivity index (χ0) is 21.4. The maximum Gasteiger partial charge on any atom is 0.289 e. The molecule has 1 aromatic heterocycles. The molecular weight excluding hydrogens is 396 g/mol. The second-order valence-corrected chi connectivity index (χ2v) is 6.80. The van der Waals surface area contributed by atoms with Crippen LogP contribution in [-0.4, -0.2) is 76.0 Å². The van der Waals surface area contributed by atoms with Crippen molar-refractivity contribution >= 4 is 29.3 Å². The van der Waals surface area contributed by atoms with Gasteiger partial charge in [0, 0.05) is 32.2 Å². The Morgan fingerprint density at radius 3 is 2.33 bits per heavy atom. The summed E-state index contributed by atoms with van der Waals surface area (Å²) in [6.45, 7) is 0.497. The standard InChI is InChI=1S/C19H16N4O7/c24-15(20-6-8-21(9-7-20)18(26)14-5-2-10-30-14)11-22-17(25)12-3-1-4-13(23(28)29)16(12)19(22)27/h1-5,10H,6-9,11H2. The number of nitro benzene ring substituents is 1. The van der Waals surface area contributed by atoms with Crippen molar-refractivity contribution in [3.63, 3.8) is 0 Å². The SMILES string of the molecule is O=C(CN1C(=O)c2cccc([N+](=O)[O-])c2C1=O)N1CCN(C(=O)c2ccco2)CC1. The van der Waals surface area contributed by atoms with Gasteiger partial charge in [-0.3, -0.25) is 34.2 Å². The van der Waals surface area contributed by atoms with Gasteiger partial charge >= 0.3 is 0 Å². The van der Waals surface area contributed by atoms with E-state index >= 15 is 0 Å². The van der Waals surface area contributed by atoms with Crippen molar-refractivity contribution in [2.24, 2.45) is 0 Å². The Hall–Kier alpha value is -4.02. The molecule has 2 aromatic rings. The minimum atomic E-state index is -0.859. The number of hydrogen-bond donors (Lipinski definition) is 0. The van der Waals surface area contributed by atoms with Crippen LogP contribution in [0.4, 0.5) is 5.69 Å². The highest BCUT2D eigenvalue weighted by Gasteiger charge is 2.42. The molecule has 0 spiro atoms. The van der Waals surface area contributed by atoms with Gasteiger partial charge in [0.15, 0.2) is 5.76 Å². The number of hydrogen-bond acceptors (Lipinski definition) is 7. The molecule has 11 nitrogen and oxygen atoms in total. The quantitative estimate of drug-likeness (QED) is 0.411. The van der Waals surface area contributed by atoms with Crippen LogP contribution in [0.5, 0.6) is 0 Å². The molecule has 1 saturated heterocycles. The van der Waals surface area contributed by atoms with Crippen molar-refractivity contribution in [2.45, 2.75) is 0 Å². The lowest BCUT2D eigenvalue weighted by Crippen LogP contribution is -2.53. The van der Waals surface area contributed by atoms with Crippen LogP contribution in [0, 0.1) is 10.1 Å². The maximum absolute atomic E-state index is 12.6. The number of nitrogens with zero attached hydrogens (tertiary/aromatic N) is 4. The minimum Gasteiger partial charge on any atom is -0.459 e. The topological polar surface area (TPSA) is 134 Å². The molecule has 1 fully saturated rings. The number of rotatable bonds is 4. The Morgan fingerprint density at radius 1 is 1.00 bits per heavy atom. The summed E-state index contributed by atoms with van der Waals surface area (Å²) in [7, 11) is 0. The molecule has 4 rings (SSSR count). The van der Waals surface area contributed by atoms with Crippen LogP contribution in [0.3, 0.4) is 0 Å². The first-order chi connectivity index (χ1) is 14.4. The van der Waals surface area contributed by atoms with E-state index in [1.165, 1.54) is 23.3 Å². The lowest BCUT2D eigenvalue weighted by molar-refractivity contribution is -0.385. The van der Waals surface area contributed by atoms with E-state index in [9.17, 15) is 29.3 Å². The van der Waals surface area contributed by atoms with Gasteiger partial charge in [-0.15, -0.1) is 0 Å². The molecule has 0 N–H and O–H groups in total. The second-order valence-electron chi connectivity index (χ2n) is 6.80. The van der Waals surface area contributed by atoms with E-state index in [0.29, 0.717) is 0 Å². The summed E-state index contributed by atoms with van der Waals surface area (Å²) in [5.41, 5.74) is -0.851. The smallest absolute Gasteiger partial charge is 0.289 e. The van der Waals surface area contributed by atoms with Crippen molar-refractivity contribution in [3.05, 3.63) is 63.6 Å². The summed E-state index contributed by atoms with van der Waals surface area (Å²) >= 11 is 0. The molecule has 30 heavy (non-hydrogen) atoms. The average molecular weight is 412 g/mol. The maximum atomic E-state index is 12.6. The zero-order valence-electron chi connectivity index (χ0n) is 15.6. The molecule has 0 atom stereocenters. The number of amides is 4. The number of carbonyl (C=O) groups excluding carboxylic acids is 4. The van der Waals surface area contributed by atoms with Crippen molar-refractivity contribution in [2.75, 3.05) is 32.7 Å². The molecule has 0 unspecified atom stereocenters. The Bertz CT molecular complexity index is 1050. The number of imide groups is 1. The highest BCUT2D eigenvalue weighted by molar-refractivity contribution is 6.24. The zero-order valence-corrected chi connectivity index (χ0v) is 15.6. The van der Waals surface area contributed by atoms with Crippen LogP contribution in [0.1, 0.15) is 31.3 Å². The Kier molecular flexibility index (Phi) is 4.78. The lowest BCUT2D eigenvalue weighted by Gasteiger charge is -2.34. The summed E-state index contributed by atoms with van der Waals surface area (Å²) in [5.74, 6) is -2.14. The largest absolute Gasteiger partial charge is 0.459 e. The molecule has 2 aliphatic heterocycles. The molecule has 2 aliphatic rings. The first-order valence-electron chi connectivity index (χ1n) is 9.12. The van der Waals surface area contributed by atoms with Crippen molar-refractivity contribution in [1.82, 2.24) is 14.7 Å². The van der Waals surface area contributed by atoms with E-state index in [0.717, 1.165) is 11.0 Å². The third-order valence-electron chi connectivity index (χ3n) is 5.12. The van der Waals surface area contributed by atoms with E-state index in [1.807, 2.05) is 0 Å². The van der Waals surface area contributed by atoms with E-state index in [4.69, 9.17) is 4.42 Å². The van der Waals surface area contributed by atoms with Gasteiger partial charge in [-0.1, -0.05) is 6.07 Å². The van der Waals surface area contributed by atoms with Crippen molar-refractivity contribution < 1.29 is 28.5 Å². The highest BCUT2D eigenvalue weighted by Crippen LogP contribution is 2.30. The Morgan fingerprint density at radius 2 is 1.70 bits per heavy atom. The van der Waals surface area contributed by atoms with Gasteiger partial charge < -0.3 is 14.2 Å². The number of nitro groups is 1. The molecule has 0 radical (unpaired) electrons. The fourth-order valence-electron chi connectivity index (χ4n) is 3.56. The molecular formula is C19H16N4O7. The van der Waals surface area contributed by atoms with E-state index in [1.54, 1.807) is 17.0 Å². The minimum absolute atomic E-state index is 0.0872. The van der Waals surface area contributed by atoms with Gasteiger partial charge in [-0.05, 0) is 18.2 Å². The van der Waals surface area contributed by atoms with E-state index < -0.39 is 34.9 Å². The molecule has 0 bridgehead atoms. The third-order valence-corrected chi connectivity index (χ3v) is 5.12. The molecule has 0 saturated carbocycles. The number of carbonyl (C=O) groups is 4. The molecule has 11 heteroatoms. The van der Waals surface area contributed by atoms with Gasteiger partial charge in [0.25, 0.3) is 23.4 Å². The fraction of sp³-hybridized carbons (Fsp3) is 0.263. The molecule has 0 aliphatic carbocycles. The number of benzene rings is 1. The van der Waals surface area contributed by atoms with Gasteiger partial charge in [0.1, 0.15) is 12.1 Å². The summed E-state index contributed by atoms with van der Waals surface area (Å²) in [6.07, 6.45) is 1.40. The first kappa shape index (κ1) is 19.3. The Balaban J connectivity index is 1.41. The third kappa shape index (κ3) is 3.19. The van der Waals surface area contributed by atoms with Crippen molar-refractivity contribution in [1.29, 1.82) is 0 Å². The van der Waals surface area contributed by atoms with E-state index in [2.05, 4.69) is 0 Å². The van der Waals surface area contributed by atoms with Crippen LogP contribution in [0.15, 0.2) is 41.0 Å². The van der Waals surface area contributed by atoms with Gasteiger partial charge in [-0.2, -0.15) is 0 Å². The summed E-state index contributed by atoms with van der Waals surface area (Å²) in [4.78, 5) is 64.2. The average Bonchev–Trinajstić information content (AvgIpc) is 3.37. The predicted octanol–water partition coefficient (Wildman–Crippen LogP) is 0.768. The normalized spacial score (nSPS) is 16.1. The number of piperazine rings is 1. The van der Waals surface area contributed by atoms with Crippen LogP contribution in [0.2, 0.25) is 0 Å². The van der Waals surface area contributed by atoms with Gasteiger partial charge in [0.2, 0.25) is 5.91 Å². The Labute approximate surface area is 169 Å². The lowest BCUT2D eigenvalue weighted by atomic mass is 10.1. The molecule has 154 valence electrons. The molecule has 1 aromatic carbocycles. The fourth-order valence-corrected chi connectivity index (χ4v) is 3.56. The van der Waals surface area contributed by atoms with Gasteiger partial charge in [-0.25, -0.2) is 0 Å². The monoisotopic (exact) mass is 412 g/mol. The summed E-state index contributed by atoms with van der Waals surface area (Å²) in [6, 6.07) is 6.96. The number of furan rings is 1. The highest BCUT2D eigenvalue weighted by atomic mass is 16.6. The second kappa shape index (κ2) is 7.43. The summed E-state index contributed by atoms with van der Waals surface area (Å²) in [5, 5.41) is 11.2. The van der Waals surface area contributed by atoms with Crippen molar-refractivity contribution in [3.8, 4) is 0 Å². The van der Waals surface area contributed by atoms with E-state index in [-0.39, 0.29) is 49.0 Å². The van der Waals surface area contributed by atoms with Crippen LogP contribution >= 0.6 is 0 Å².